The van der Waals surface area contributed by atoms with E-state index in [4.69, 9.17) is 15.0 Å². The van der Waals surface area contributed by atoms with Gasteiger partial charge in [-0.2, -0.15) is 5.26 Å². The molecule has 4 rings (SSSR count). The molecule has 0 spiro atoms. The molecule has 1 unspecified atom stereocenters. The minimum atomic E-state index is -0.540. The Bertz CT molecular complexity index is 941. The maximum Gasteiger partial charge on any atom is 0.119 e. The highest BCUT2D eigenvalue weighted by Gasteiger charge is 2.20. The average molecular weight is 409 g/mol. The topological polar surface area (TPSA) is 72.6 Å². The van der Waals surface area contributed by atoms with Gasteiger partial charge in [-0.3, -0.25) is 9.80 Å². The third kappa shape index (κ3) is 5.31. The molecular weight excluding hydrogens is 384 g/mol. The highest BCUT2D eigenvalue weighted by Crippen LogP contribution is 2.23. The maximum absolute atomic E-state index is 10.3. The molecule has 1 aliphatic heterocycles. The summed E-state index contributed by atoms with van der Waals surface area (Å²) in [7, 11) is 0. The van der Waals surface area contributed by atoms with E-state index in [1.165, 1.54) is 4.70 Å². The highest BCUT2D eigenvalue weighted by molar-refractivity contribution is 7.18. The number of β-amino-alcohol motifs (C(OH)–C–C–N with tert-alkyl or cyclic N) is 1. The summed E-state index contributed by atoms with van der Waals surface area (Å²) < 4.78 is 6.88. The van der Waals surface area contributed by atoms with Crippen molar-refractivity contribution in [3.63, 3.8) is 0 Å². The number of aliphatic hydroxyl groups excluding tert-OH is 1. The number of ether oxygens (including phenoxy) is 1. The van der Waals surface area contributed by atoms with E-state index in [1.807, 2.05) is 6.07 Å². The van der Waals surface area contributed by atoms with E-state index in [0.29, 0.717) is 17.9 Å². The second-order valence-corrected chi connectivity index (χ2v) is 8.37. The minimum absolute atomic E-state index is 0.248. The summed E-state index contributed by atoms with van der Waals surface area (Å²) in [5, 5.41) is 20.3. The van der Waals surface area contributed by atoms with Gasteiger partial charge in [0.1, 0.15) is 23.5 Å². The quantitative estimate of drug-likeness (QED) is 0.648. The van der Waals surface area contributed by atoms with E-state index in [-0.39, 0.29) is 6.61 Å². The summed E-state index contributed by atoms with van der Waals surface area (Å²) in [4.78, 5) is 9.43. The SMILES string of the molecule is N#Cc1ccc(OCC(O)CN2CCN(Cc3nc4ccccc4s3)CC2)cc1. The zero-order chi connectivity index (χ0) is 20.1. The molecule has 1 fully saturated rings. The van der Waals surface area contributed by atoms with Crippen LogP contribution in [0.5, 0.6) is 5.75 Å². The van der Waals surface area contributed by atoms with Crippen LogP contribution in [0.2, 0.25) is 0 Å². The van der Waals surface area contributed by atoms with Gasteiger partial charge in [-0.05, 0) is 36.4 Å². The lowest BCUT2D eigenvalue weighted by Crippen LogP contribution is -2.48. The second kappa shape index (κ2) is 9.33. The van der Waals surface area contributed by atoms with Gasteiger partial charge < -0.3 is 9.84 Å². The summed E-state index contributed by atoms with van der Waals surface area (Å²) in [6.45, 7) is 5.54. The number of aliphatic hydroxyl groups is 1. The van der Waals surface area contributed by atoms with Gasteiger partial charge in [-0.25, -0.2) is 4.98 Å². The Morgan fingerprint density at radius 3 is 2.52 bits per heavy atom. The van der Waals surface area contributed by atoms with E-state index in [1.54, 1.807) is 35.6 Å². The van der Waals surface area contributed by atoms with Crippen molar-refractivity contribution < 1.29 is 9.84 Å². The Balaban J connectivity index is 1.19. The molecule has 1 N–H and O–H groups in total. The first-order valence-corrected chi connectivity index (χ1v) is 10.6. The Morgan fingerprint density at radius 2 is 1.79 bits per heavy atom. The molecule has 0 aliphatic carbocycles. The van der Waals surface area contributed by atoms with Gasteiger partial charge in [0.2, 0.25) is 0 Å². The molecule has 0 saturated carbocycles. The average Bonchev–Trinajstić information content (AvgIpc) is 3.16. The zero-order valence-corrected chi connectivity index (χ0v) is 17.0. The lowest BCUT2D eigenvalue weighted by molar-refractivity contribution is 0.0446. The second-order valence-electron chi connectivity index (χ2n) is 7.25. The molecular formula is C22H24N4O2S. The summed E-state index contributed by atoms with van der Waals surface area (Å²) in [6.07, 6.45) is -0.540. The van der Waals surface area contributed by atoms with Gasteiger partial charge in [-0.1, -0.05) is 12.1 Å². The van der Waals surface area contributed by atoms with Gasteiger partial charge >= 0.3 is 0 Å². The molecule has 1 aliphatic rings. The van der Waals surface area contributed by atoms with Crippen LogP contribution >= 0.6 is 11.3 Å². The zero-order valence-electron chi connectivity index (χ0n) is 16.2. The number of rotatable bonds is 7. The first-order chi connectivity index (χ1) is 14.2. The van der Waals surface area contributed by atoms with Crippen LogP contribution in [-0.4, -0.2) is 65.3 Å². The predicted molar refractivity (Wildman–Crippen MR) is 114 cm³/mol. The lowest BCUT2D eigenvalue weighted by Gasteiger charge is -2.35. The van der Waals surface area contributed by atoms with Crippen molar-refractivity contribution in [1.29, 1.82) is 5.26 Å². The number of hydrogen-bond acceptors (Lipinski definition) is 7. The molecule has 29 heavy (non-hydrogen) atoms. The van der Waals surface area contributed by atoms with Crippen LogP contribution in [0.1, 0.15) is 10.6 Å². The van der Waals surface area contributed by atoms with Crippen molar-refractivity contribution in [3.8, 4) is 11.8 Å². The molecule has 2 aromatic carbocycles. The smallest absolute Gasteiger partial charge is 0.119 e. The number of thiazole rings is 1. The third-order valence-electron chi connectivity index (χ3n) is 5.06. The third-order valence-corrected chi connectivity index (χ3v) is 6.08. The normalized spacial score (nSPS) is 16.6. The standard InChI is InChI=1S/C22H24N4O2S/c23-13-17-5-7-19(8-6-17)28-16-18(27)14-25-9-11-26(12-10-25)15-22-24-20-3-1-2-4-21(20)29-22/h1-8,18,27H,9-12,14-16H2. The molecule has 1 saturated heterocycles. The van der Waals surface area contributed by atoms with Gasteiger partial charge in [0.25, 0.3) is 0 Å². The van der Waals surface area contributed by atoms with Gasteiger partial charge in [0.05, 0.1) is 28.4 Å². The largest absolute Gasteiger partial charge is 0.491 e. The molecule has 0 radical (unpaired) electrons. The number of aromatic nitrogens is 1. The van der Waals surface area contributed by atoms with Crippen molar-refractivity contribution in [1.82, 2.24) is 14.8 Å². The van der Waals surface area contributed by atoms with Crippen LogP contribution in [-0.2, 0) is 6.54 Å². The number of para-hydroxylation sites is 1. The minimum Gasteiger partial charge on any atom is -0.491 e. The highest BCUT2D eigenvalue weighted by atomic mass is 32.1. The molecule has 6 nitrogen and oxygen atoms in total. The number of nitrogens with zero attached hydrogens (tertiary/aromatic N) is 4. The maximum atomic E-state index is 10.3. The van der Waals surface area contributed by atoms with Crippen LogP contribution in [0.25, 0.3) is 10.2 Å². The van der Waals surface area contributed by atoms with Gasteiger partial charge in [0.15, 0.2) is 0 Å². The van der Waals surface area contributed by atoms with Crippen molar-refractivity contribution in [2.24, 2.45) is 0 Å². The van der Waals surface area contributed by atoms with E-state index in [9.17, 15) is 5.11 Å². The number of fused-ring (bicyclic) bond motifs is 1. The fourth-order valence-electron chi connectivity index (χ4n) is 3.48. The van der Waals surface area contributed by atoms with Crippen molar-refractivity contribution >= 4 is 21.6 Å². The molecule has 1 atom stereocenters. The molecule has 2 heterocycles. The van der Waals surface area contributed by atoms with Crippen molar-refractivity contribution in [2.75, 3.05) is 39.3 Å². The molecule has 150 valence electrons. The molecule has 7 heteroatoms. The molecule has 3 aromatic rings. The van der Waals surface area contributed by atoms with Crippen LogP contribution in [0.4, 0.5) is 0 Å². The van der Waals surface area contributed by atoms with E-state index >= 15 is 0 Å². The Morgan fingerprint density at radius 1 is 1.07 bits per heavy atom. The summed E-state index contributed by atoms with van der Waals surface area (Å²) in [5.41, 5.74) is 1.68. The van der Waals surface area contributed by atoms with E-state index in [0.717, 1.165) is 43.2 Å². The summed E-state index contributed by atoms with van der Waals surface area (Å²) in [6, 6.07) is 17.3. The number of hydrogen-bond donors (Lipinski definition) is 1. The number of nitriles is 1. The van der Waals surface area contributed by atoms with Gasteiger partial charge in [-0.15, -0.1) is 11.3 Å². The molecule has 0 bridgehead atoms. The van der Waals surface area contributed by atoms with Crippen LogP contribution in [0.3, 0.4) is 0 Å². The van der Waals surface area contributed by atoms with Crippen molar-refractivity contribution in [3.05, 3.63) is 59.1 Å². The van der Waals surface area contributed by atoms with Crippen molar-refractivity contribution in [2.45, 2.75) is 12.6 Å². The fourth-order valence-corrected chi connectivity index (χ4v) is 4.49. The summed E-state index contributed by atoms with van der Waals surface area (Å²) in [5.74, 6) is 0.670. The predicted octanol–water partition coefficient (Wildman–Crippen LogP) is 2.73. The van der Waals surface area contributed by atoms with Crippen LogP contribution in [0, 0.1) is 11.3 Å². The fraction of sp³-hybridized carbons (Fsp3) is 0.364. The monoisotopic (exact) mass is 408 g/mol. The number of piperazine rings is 1. The first-order valence-electron chi connectivity index (χ1n) is 9.80. The lowest BCUT2D eigenvalue weighted by atomic mass is 10.2. The van der Waals surface area contributed by atoms with Crippen LogP contribution < -0.4 is 4.74 Å². The molecule has 0 amide bonds. The number of benzene rings is 2. The summed E-state index contributed by atoms with van der Waals surface area (Å²) >= 11 is 1.77. The molecule has 1 aromatic heterocycles. The Kier molecular flexibility index (Phi) is 6.37. The Labute approximate surface area is 174 Å². The first kappa shape index (κ1) is 19.8. The van der Waals surface area contributed by atoms with E-state index in [2.05, 4.69) is 34.1 Å². The van der Waals surface area contributed by atoms with Gasteiger partial charge in [0, 0.05) is 32.7 Å². The van der Waals surface area contributed by atoms with E-state index < -0.39 is 6.10 Å². The van der Waals surface area contributed by atoms with Crippen LogP contribution in [0.15, 0.2) is 48.5 Å². The Hall–Kier alpha value is -2.50.